The van der Waals surface area contributed by atoms with Gasteiger partial charge in [0.05, 0.1) is 18.1 Å². The number of rotatable bonds is 2. The van der Waals surface area contributed by atoms with Crippen LogP contribution in [-0.4, -0.2) is 49.5 Å². The molecular formula is C18H22O6S. The van der Waals surface area contributed by atoms with Crippen molar-refractivity contribution in [1.82, 2.24) is 0 Å². The Morgan fingerprint density at radius 2 is 1.64 bits per heavy atom. The fourth-order valence-corrected chi connectivity index (χ4v) is 3.77. The lowest BCUT2D eigenvalue weighted by molar-refractivity contribution is -0.195. The zero-order chi connectivity index (χ0) is 18.1. The van der Waals surface area contributed by atoms with Crippen LogP contribution >= 0.6 is 0 Å². The molecule has 0 amide bonds. The lowest BCUT2D eigenvalue weighted by atomic mass is 9.81. The zero-order valence-corrected chi connectivity index (χ0v) is 14.9. The van der Waals surface area contributed by atoms with E-state index in [1.165, 1.54) is 24.3 Å². The molecule has 2 aliphatic rings. The quantitative estimate of drug-likeness (QED) is 0.764. The predicted molar refractivity (Wildman–Crippen MR) is 90.3 cm³/mol. The van der Waals surface area contributed by atoms with Crippen LogP contribution in [0.5, 0.6) is 0 Å². The highest BCUT2D eigenvalue weighted by atomic mass is 32.2. The third-order valence-electron chi connectivity index (χ3n) is 4.72. The third-order valence-corrected chi connectivity index (χ3v) is 5.85. The largest absolute Gasteiger partial charge is 0.378 e. The Morgan fingerprint density at radius 3 is 2.16 bits per heavy atom. The summed E-state index contributed by atoms with van der Waals surface area (Å²) in [5.41, 5.74) is -0.688. The second-order valence-electron chi connectivity index (χ2n) is 6.65. The van der Waals surface area contributed by atoms with Gasteiger partial charge in [-0.15, -0.1) is 0 Å². The smallest absolute Gasteiger partial charge is 0.175 e. The Hall–Kier alpha value is -1.43. The molecule has 2 fully saturated rings. The Bertz CT molecular complexity index is 771. The van der Waals surface area contributed by atoms with E-state index in [9.17, 15) is 18.6 Å². The van der Waals surface area contributed by atoms with Crippen LogP contribution < -0.4 is 0 Å². The average molecular weight is 366 g/mol. The van der Waals surface area contributed by atoms with Crippen molar-refractivity contribution < 1.29 is 28.1 Å². The minimum Gasteiger partial charge on any atom is -0.378 e. The van der Waals surface area contributed by atoms with Crippen molar-refractivity contribution >= 4 is 9.84 Å². The Kier molecular flexibility index (Phi) is 4.93. The van der Waals surface area contributed by atoms with Crippen molar-refractivity contribution in [2.75, 3.05) is 19.5 Å². The van der Waals surface area contributed by atoms with Crippen LogP contribution in [0.2, 0.25) is 0 Å². The molecular weight excluding hydrogens is 344 g/mol. The zero-order valence-electron chi connectivity index (χ0n) is 14.1. The van der Waals surface area contributed by atoms with E-state index in [-0.39, 0.29) is 4.90 Å². The summed E-state index contributed by atoms with van der Waals surface area (Å²) >= 11 is 0. The van der Waals surface area contributed by atoms with Gasteiger partial charge in [0.1, 0.15) is 11.7 Å². The van der Waals surface area contributed by atoms with Crippen LogP contribution in [0.25, 0.3) is 0 Å². The number of benzene rings is 1. The summed E-state index contributed by atoms with van der Waals surface area (Å²) in [7, 11) is -3.28. The molecule has 1 saturated heterocycles. The molecule has 0 radical (unpaired) electrons. The molecule has 2 N–H and O–H groups in total. The summed E-state index contributed by atoms with van der Waals surface area (Å²) < 4.78 is 34.2. The van der Waals surface area contributed by atoms with Gasteiger partial charge in [-0.2, -0.15) is 0 Å². The monoisotopic (exact) mass is 366 g/mol. The van der Waals surface area contributed by atoms with Gasteiger partial charge < -0.3 is 19.7 Å². The molecule has 25 heavy (non-hydrogen) atoms. The fourth-order valence-electron chi connectivity index (χ4n) is 3.14. The maximum atomic E-state index is 11.5. The van der Waals surface area contributed by atoms with E-state index in [2.05, 4.69) is 11.8 Å². The number of aliphatic hydroxyl groups is 2. The number of hydrogen-bond acceptors (Lipinski definition) is 6. The van der Waals surface area contributed by atoms with Gasteiger partial charge in [0.2, 0.25) is 0 Å². The molecule has 0 aromatic heterocycles. The highest BCUT2D eigenvalue weighted by Crippen LogP contribution is 2.40. The minimum absolute atomic E-state index is 0.184. The molecule has 1 unspecified atom stereocenters. The molecule has 3 rings (SSSR count). The first-order valence-electron chi connectivity index (χ1n) is 8.23. The first-order valence-corrected chi connectivity index (χ1v) is 10.1. The molecule has 1 aromatic carbocycles. The molecule has 0 bridgehead atoms. The number of sulfone groups is 1. The standard InChI is InChI=1S/C18H22O6S/c1-25(21,22)15-4-2-14(3-5-15)16(19)6-7-17(20)8-10-18(11-9-17)23-12-13-24-18/h2-5,16,19-20H,8-13H2,1H3. The van der Waals surface area contributed by atoms with Crippen LogP contribution in [0.3, 0.4) is 0 Å². The highest BCUT2D eigenvalue weighted by Gasteiger charge is 2.44. The van der Waals surface area contributed by atoms with E-state index in [4.69, 9.17) is 9.47 Å². The molecule has 1 aliphatic carbocycles. The fraction of sp³-hybridized carbons (Fsp3) is 0.556. The lowest BCUT2D eigenvalue weighted by Crippen LogP contribution is -2.42. The van der Waals surface area contributed by atoms with Gasteiger partial charge in [-0.05, 0) is 30.5 Å². The van der Waals surface area contributed by atoms with E-state index in [0.717, 1.165) is 6.26 Å². The lowest BCUT2D eigenvalue weighted by Gasteiger charge is -2.37. The summed E-state index contributed by atoms with van der Waals surface area (Å²) in [6.45, 7) is 1.15. The van der Waals surface area contributed by atoms with E-state index < -0.39 is 27.3 Å². The molecule has 1 heterocycles. The predicted octanol–water partition coefficient (Wildman–Crippen LogP) is 1.18. The molecule has 136 valence electrons. The van der Waals surface area contributed by atoms with E-state index in [0.29, 0.717) is 44.5 Å². The highest BCUT2D eigenvalue weighted by molar-refractivity contribution is 7.90. The molecule has 1 atom stereocenters. The summed E-state index contributed by atoms with van der Waals surface area (Å²) in [5.74, 6) is 4.87. The number of aliphatic hydroxyl groups excluding tert-OH is 1. The molecule has 1 aliphatic heterocycles. The van der Waals surface area contributed by atoms with Gasteiger partial charge in [0.15, 0.2) is 15.6 Å². The summed E-state index contributed by atoms with van der Waals surface area (Å²) in [4.78, 5) is 0.184. The maximum absolute atomic E-state index is 11.5. The minimum atomic E-state index is -3.28. The second kappa shape index (κ2) is 6.71. The van der Waals surface area contributed by atoms with Crippen molar-refractivity contribution in [2.24, 2.45) is 0 Å². The van der Waals surface area contributed by atoms with Crippen molar-refractivity contribution in [3.8, 4) is 11.8 Å². The van der Waals surface area contributed by atoms with Crippen LogP contribution in [0.1, 0.15) is 37.4 Å². The first-order chi connectivity index (χ1) is 11.7. The molecule has 1 aromatic rings. The van der Waals surface area contributed by atoms with Gasteiger partial charge >= 0.3 is 0 Å². The van der Waals surface area contributed by atoms with Gasteiger partial charge in [-0.25, -0.2) is 8.42 Å². The van der Waals surface area contributed by atoms with Crippen LogP contribution in [-0.2, 0) is 19.3 Å². The normalized spacial score (nSPS) is 23.0. The Balaban J connectivity index is 1.66. The van der Waals surface area contributed by atoms with Crippen molar-refractivity contribution in [3.05, 3.63) is 29.8 Å². The SMILES string of the molecule is CS(=O)(=O)c1ccc(C(O)C#CC2(O)CCC3(CC2)OCCO3)cc1. The Labute approximate surface area is 147 Å². The first kappa shape index (κ1) is 18.4. The van der Waals surface area contributed by atoms with Gasteiger partial charge in [0.25, 0.3) is 0 Å². The summed E-state index contributed by atoms with van der Waals surface area (Å²) in [6.07, 6.45) is 2.00. The van der Waals surface area contributed by atoms with Crippen LogP contribution in [0.4, 0.5) is 0 Å². The van der Waals surface area contributed by atoms with E-state index >= 15 is 0 Å². The van der Waals surface area contributed by atoms with Gasteiger partial charge in [0, 0.05) is 19.1 Å². The molecule has 7 heteroatoms. The third kappa shape index (κ3) is 4.22. The van der Waals surface area contributed by atoms with Gasteiger partial charge in [-0.3, -0.25) is 0 Å². The number of hydrogen-bond donors (Lipinski definition) is 2. The number of ether oxygens (including phenoxy) is 2. The molecule has 6 nitrogen and oxygen atoms in total. The maximum Gasteiger partial charge on any atom is 0.175 e. The van der Waals surface area contributed by atoms with Crippen molar-refractivity contribution in [3.63, 3.8) is 0 Å². The second-order valence-corrected chi connectivity index (χ2v) is 8.67. The van der Waals surface area contributed by atoms with E-state index in [1.54, 1.807) is 0 Å². The van der Waals surface area contributed by atoms with Crippen molar-refractivity contribution in [1.29, 1.82) is 0 Å². The van der Waals surface area contributed by atoms with Gasteiger partial charge in [-0.1, -0.05) is 24.0 Å². The summed E-state index contributed by atoms with van der Waals surface area (Å²) in [5, 5.41) is 20.8. The van der Waals surface area contributed by atoms with E-state index in [1.807, 2.05) is 0 Å². The van der Waals surface area contributed by atoms with Crippen molar-refractivity contribution in [2.45, 2.75) is 48.1 Å². The molecule has 1 spiro atoms. The van der Waals surface area contributed by atoms with Crippen LogP contribution in [0, 0.1) is 11.8 Å². The Morgan fingerprint density at radius 1 is 1.08 bits per heavy atom. The summed E-state index contributed by atoms with van der Waals surface area (Å²) in [6, 6.07) is 5.92. The topological polar surface area (TPSA) is 93.1 Å². The molecule has 1 saturated carbocycles. The average Bonchev–Trinajstić information content (AvgIpc) is 3.04. The van der Waals surface area contributed by atoms with Crippen LogP contribution in [0.15, 0.2) is 29.2 Å².